The second kappa shape index (κ2) is 19.4. The Morgan fingerprint density at radius 1 is 0.815 bits per heavy atom. The third-order valence-corrected chi connectivity index (χ3v) is 4.86. The Morgan fingerprint density at radius 2 is 1.26 bits per heavy atom. The standard InChI is InChI=1S/C23H38O3.Ba.2H/c1-2-3-4-5-6-7-8-9-10-11-12-13-14-17-20-26-23(25)21-18-15-16-19-22(21)24;;;/h15-16,18-19,24H,2-14,17,20H2,1H3;;;/q;+2;2*-1. The Bertz CT molecular complexity index is 487. The first-order valence-corrected chi connectivity index (χ1v) is 10.7. The van der Waals surface area contributed by atoms with Gasteiger partial charge in [-0.25, -0.2) is 4.79 Å². The van der Waals surface area contributed by atoms with Gasteiger partial charge in [0.2, 0.25) is 0 Å². The molecule has 1 N–H and O–H groups in total. The Labute approximate surface area is 209 Å². The number of esters is 1. The fourth-order valence-corrected chi connectivity index (χ4v) is 3.19. The SMILES string of the molecule is CCCCCCCCCCCCCCCCOC(=O)c1ccccc1O.[Ba+2].[H-].[H-]. The molecule has 0 aromatic heterocycles. The van der Waals surface area contributed by atoms with Gasteiger partial charge in [-0.3, -0.25) is 0 Å². The summed E-state index contributed by atoms with van der Waals surface area (Å²) in [5.74, 6) is -0.448. The van der Waals surface area contributed by atoms with Crippen molar-refractivity contribution in [2.24, 2.45) is 0 Å². The molecule has 1 aromatic carbocycles. The molecular formula is C23H40BaO3. The first-order chi connectivity index (χ1) is 12.8. The predicted molar refractivity (Wildman–Crippen MR) is 117 cm³/mol. The molecule has 0 spiro atoms. The second-order valence-electron chi connectivity index (χ2n) is 7.25. The van der Waals surface area contributed by atoms with E-state index in [4.69, 9.17) is 4.74 Å². The number of phenols is 1. The van der Waals surface area contributed by atoms with E-state index in [9.17, 15) is 9.90 Å². The number of ether oxygens (including phenoxy) is 1. The summed E-state index contributed by atoms with van der Waals surface area (Å²) in [5, 5.41) is 9.61. The van der Waals surface area contributed by atoms with E-state index in [0.29, 0.717) is 6.61 Å². The number of hydrogen-bond donors (Lipinski definition) is 1. The van der Waals surface area contributed by atoms with Gasteiger partial charge in [-0.15, -0.1) is 0 Å². The molecule has 0 unspecified atom stereocenters. The molecule has 0 aliphatic rings. The van der Waals surface area contributed by atoms with Crippen LogP contribution in [0.1, 0.15) is 110 Å². The predicted octanol–water partition coefficient (Wildman–Crippen LogP) is 6.87. The first-order valence-electron chi connectivity index (χ1n) is 10.7. The first kappa shape index (κ1) is 27.1. The van der Waals surface area contributed by atoms with E-state index in [-0.39, 0.29) is 63.0 Å². The number of carbonyl (C=O) groups excluding carboxylic acids is 1. The number of aromatic hydroxyl groups is 1. The minimum absolute atomic E-state index is 0. The summed E-state index contributed by atoms with van der Waals surface area (Å²) in [6, 6.07) is 6.51. The average Bonchev–Trinajstić information content (AvgIpc) is 2.65. The van der Waals surface area contributed by atoms with E-state index in [2.05, 4.69) is 6.92 Å². The summed E-state index contributed by atoms with van der Waals surface area (Å²) < 4.78 is 5.22. The van der Waals surface area contributed by atoms with Crippen molar-refractivity contribution >= 4 is 54.9 Å². The molecule has 0 atom stereocenters. The maximum atomic E-state index is 11.8. The van der Waals surface area contributed by atoms with Crippen LogP contribution in [0.2, 0.25) is 0 Å². The molecule has 4 heteroatoms. The van der Waals surface area contributed by atoms with Gasteiger partial charge >= 0.3 is 54.9 Å². The van der Waals surface area contributed by atoms with Crippen LogP contribution in [0.25, 0.3) is 0 Å². The molecular weight excluding hydrogens is 462 g/mol. The van der Waals surface area contributed by atoms with E-state index in [1.165, 1.54) is 83.1 Å². The Kier molecular flexibility index (Phi) is 19.4. The molecule has 1 aromatic rings. The van der Waals surface area contributed by atoms with Crippen LogP contribution in [-0.4, -0.2) is 66.6 Å². The summed E-state index contributed by atoms with van der Waals surface area (Å²) in [6.07, 6.45) is 18.3. The zero-order chi connectivity index (χ0) is 18.9. The molecule has 0 saturated carbocycles. The maximum Gasteiger partial charge on any atom is 2.00 e. The van der Waals surface area contributed by atoms with Crippen LogP contribution in [0, 0.1) is 0 Å². The largest absolute Gasteiger partial charge is 2.00 e. The molecule has 0 aliphatic heterocycles. The monoisotopic (exact) mass is 502 g/mol. The Hall–Kier alpha value is 0.0614. The normalized spacial score (nSPS) is 10.4. The second-order valence-corrected chi connectivity index (χ2v) is 7.25. The molecule has 0 aliphatic carbocycles. The van der Waals surface area contributed by atoms with Crippen molar-refractivity contribution in [3.8, 4) is 5.75 Å². The molecule has 0 fully saturated rings. The smallest absolute Gasteiger partial charge is 1.00 e. The molecule has 0 saturated heterocycles. The van der Waals surface area contributed by atoms with Crippen LogP contribution in [-0.2, 0) is 4.74 Å². The van der Waals surface area contributed by atoms with Crippen molar-refractivity contribution in [3.05, 3.63) is 29.8 Å². The minimum atomic E-state index is -0.433. The van der Waals surface area contributed by atoms with Gasteiger partial charge in [-0.1, -0.05) is 103 Å². The quantitative estimate of drug-likeness (QED) is 0.153. The van der Waals surface area contributed by atoms with Crippen molar-refractivity contribution in [1.82, 2.24) is 0 Å². The maximum absolute atomic E-state index is 11.8. The van der Waals surface area contributed by atoms with Gasteiger partial charge < -0.3 is 12.7 Å². The van der Waals surface area contributed by atoms with Gasteiger partial charge in [-0.2, -0.15) is 0 Å². The third-order valence-electron chi connectivity index (χ3n) is 4.86. The number of carbonyl (C=O) groups is 1. The van der Waals surface area contributed by atoms with Crippen LogP contribution in [0.4, 0.5) is 0 Å². The van der Waals surface area contributed by atoms with Crippen LogP contribution >= 0.6 is 0 Å². The van der Waals surface area contributed by atoms with Crippen LogP contribution < -0.4 is 0 Å². The zero-order valence-corrected chi connectivity index (χ0v) is 21.8. The molecule has 3 nitrogen and oxygen atoms in total. The van der Waals surface area contributed by atoms with E-state index in [0.717, 1.165) is 12.8 Å². The number of benzene rings is 1. The van der Waals surface area contributed by atoms with Crippen molar-refractivity contribution < 1.29 is 17.5 Å². The number of hydrogen-bond acceptors (Lipinski definition) is 3. The molecule has 0 bridgehead atoms. The van der Waals surface area contributed by atoms with E-state index in [1.54, 1.807) is 18.2 Å². The summed E-state index contributed by atoms with van der Waals surface area (Å²) in [5.41, 5.74) is 0.248. The molecule has 0 radical (unpaired) electrons. The number of para-hydroxylation sites is 1. The van der Waals surface area contributed by atoms with Crippen molar-refractivity contribution in [2.75, 3.05) is 6.61 Å². The number of rotatable bonds is 16. The van der Waals surface area contributed by atoms with E-state index in [1.807, 2.05) is 0 Å². The molecule has 27 heavy (non-hydrogen) atoms. The van der Waals surface area contributed by atoms with Gasteiger partial charge in [-0.05, 0) is 18.6 Å². The van der Waals surface area contributed by atoms with Crippen molar-refractivity contribution in [3.63, 3.8) is 0 Å². The van der Waals surface area contributed by atoms with Gasteiger partial charge in [0, 0.05) is 0 Å². The zero-order valence-electron chi connectivity index (χ0n) is 19.4. The van der Waals surface area contributed by atoms with Crippen LogP contribution in [0.5, 0.6) is 5.75 Å². The fourth-order valence-electron chi connectivity index (χ4n) is 3.19. The summed E-state index contributed by atoms with van der Waals surface area (Å²) >= 11 is 0. The molecule has 0 amide bonds. The third kappa shape index (κ3) is 14.7. The van der Waals surface area contributed by atoms with Gasteiger partial charge in [0.1, 0.15) is 11.3 Å². The van der Waals surface area contributed by atoms with Crippen LogP contribution in [0.15, 0.2) is 24.3 Å². The average molecular weight is 502 g/mol. The van der Waals surface area contributed by atoms with Gasteiger partial charge in [0.25, 0.3) is 0 Å². The van der Waals surface area contributed by atoms with Gasteiger partial charge in [0.15, 0.2) is 0 Å². The Balaban J connectivity index is -0.00000225. The summed E-state index contributed by atoms with van der Waals surface area (Å²) in [4.78, 5) is 11.8. The van der Waals surface area contributed by atoms with E-state index < -0.39 is 5.97 Å². The summed E-state index contributed by atoms with van der Waals surface area (Å²) in [6.45, 7) is 2.70. The molecule has 0 heterocycles. The van der Waals surface area contributed by atoms with Crippen molar-refractivity contribution in [1.29, 1.82) is 0 Å². The molecule has 152 valence electrons. The van der Waals surface area contributed by atoms with Crippen molar-refractivity contribution in [2.45, 2.75) is 96.8 Å². The number of unbranched alkanes of at least 4 members (excludes halogenated alkanes) is 13. The van der Waals surface area contributed by atoms with Gasteiger partial charge in [0.05, 0.1) is 6.61 Å². The topological polar surface area (TPSA) is 46.5 Å². The fraction of sp³-hybridized carbons (Fsp3) is 0.696. The summed E-state index contributed by atoms with van der Waals surface area (Å²) in [7, 11) is 0. The Morgan fingerprint density at radius 3 is 1.74 bits per heavy atom. The minimum Gasteiger partial charge on any atom is -1.00 e. The molecule has 1 rings (SSSR count). The van der Waals surface area contributed by atoms with Crippen LogP contribution in [0.3, 0.4) is 0 Å². The van der Waals surface area contributed by atoms with E-state index >= 15 is 0 Å². The number of phenolic OH excluding ortho intramolecular Hbond substituents is 1.